The van der Waals surface area contributed by atoms with Gasteiger partial charge in [-0.1, -0.05) is 31.3 Å². The summed E-state index contributed by atoms with van der Waals surface area (Å²) in [6.07, 6.45) is 14.3. The van der Waals surface area contributed by atoms with E-state index in [-0.39, 0.29) is 0 Å². The van der Waals surface area contributed by atoms with Crippen LogP contribution < -0.4 is 0 Å². The van der Waals surface area contributed by atoms with Crippen molar-refractivity contribution < 1.29 is 9.90 Å². The van der Waals surface area contributed by atoms with Gasteiger partial charge in [0, 0.05) is 24.2 Å². The van der Waals surface area contributed by atoms with Crippen LogP contribution in [0.1, 0.15) is 64.2 Å². The number of rotatable bonds is 2. The maximum atomic E-state index is 10.8. The lowest BCUT2D eigenvalue weighted by Gasteiger charge is -2.41. The standard InChI is InChI=1S/C16H25NO2/c18-16(19)11-12-9-14-7-8-15(10-12)17(14)13-5-3-1-2-4-6-13/h11,13-15H,1-10H2,(H,18,19). The minimum atomic E-state index is -0.766. The Kier molecular flexibility index (Phi) is 3.92. The molecule has 0 amide bonds. The molecule has 106 valence electrons. The summed E-state index contributed by atoms with van der Waals surface area (Å²) in [6, 6.07) is 2.05. The maximum absolute atomic E-state index is 10.8. The molecule has 2 atom stereocenters. The first-order valence-corrected chi connectivity index (χ1v) is 7.94. The zero-order valence-corrected chi connectivity index (χ0v) is 11.7. The molecule has 3 fully saturated rings. The number of hydrogen-bond acceptors (Lipinski definition) is 2. The molecule has 19 heavy (non-hydrogen) atoms. The largest absolute Gasteiger partial charge is 0.478 e. The van der Waals surface area contributed by atoms with E-state index in [2.05, 4.69) is 4.90 Å². The molecular weight excluding hydrogens is 238 g/mol. The van der Waals surface area contributed by atoms with Gasteiger partial charge in [0.05, 0.1) is 0 Å². The number of carboxylic acid groups (broad SMARTS) is 1. The molecule has 2 bridgehead atoms. The van der Waals surface area contributed by atoms with E-state index in [9.17, 15) is 4.79 Å². The lowest BCUT2D eigenvalue weighted by Crippen LogP contribution is -2.47. The molecule has 3 aliphatic rings. The molecule has 0 radical (unpaired) electrons. The fourth-order valence-electron chi connectivity index (χ4n) is 4.53. The van der Waals surface area contributed by atoms with Crippen LogP contribution in [0, 0.1) is 0 Å². The molecule has 1 aliphatic carbocycles. The quantitative estimate of drug-likeness (QED) is 0.613. The van der Waals surface area contributed by atoms with Crippen molar-refractivity contribution in [2.45, 2.75) is 82.3 Å². The van der Waals surface area contributed by atoms with Crippen LogP contribution >= 0.6 is 0 Å². The molecule has 2 aliphatic heterocycles. The predicted molar refractivity (Wildman–Crippen MR) is 75.1 cm³/mol. The van der Waals surface area contributed by atoms with Gasteiger partial charge in [-0.25, -0.2) is 4.79 Å². The van der Waals surface area contributed by atoms with Crippen molar-refractivity contribution in [3.8, 4) is 0 Å². The van der Waals surface area contributed by atoms with Gasteiger partial charge < -0.3 is 5.11 Å². The number of fused-ring (bicyclic) bond motifs is 2. The lowest BCUT2D eigenvalue weighted by molar-refractivity contribution is -0.131. The fourth-order valence-corrected chi connectivity index (χ4v) is 4.53. The van der Waals surface area contributed by atoms with Gasteiger partial charge in [-0.2, -0.15) is 0 Å². The second kappa shape index (κ2) is 5.66. The lowest BCUT2D eigenvalue weighted by atomic mass is 9.92. The zero-order chi connectivity index (χ0) is 13.2. The third-order valence-corrected chi connectivity index (χ3v) is 5.25. The highest BCUT2D eigenvalue weighted by Crippen LogP contribution is 2.41. The second-order valence-electron chi connectivity index (χ2n) is 6.53. The molecule has 3 heteroatoms. The summed E-state index contributed by atoms with van der Waals surface area (Å²) in [5.41, 5.74) is 1.17. The van der Waals surface area contributed by atoms with Crippen molar-refractivity contribution in [3.63, 3.8) is 0 Å². The topological polar surface area (TPSA) is 40.5 Å². The normalized spacial score (nSPS) is 33.2. The van der Waals surface area contributed by atoms with Gasteiger partial charge in [0.2, 0.25) is 0 Å². The first-order valence-electron chi connectivity index (χ1n) is 7.94. The van der Waals surface area contributed by atoms with Gasteiger partial charge in [-0.3, -0.25) is 4.90 Å². The number of piperidine rings is 1. The summed E-state index contributed by atoms with van der Waals surface area (Å²) in [5.74, 6) is -0.766. The molecule has 2 heterocycles. The first-order chi connectivity index (χ1) is 9.24. The van der Waals surface area contributed by atoms with E-state index in [4.69, 9.17) is 5.11 Å². The first kappa shape index (κ1) is 13.2. The van der Waals surface area contributed by atoms with Crippen molar-refractivity contribution in [1.29, 1.82) is 0 Å². The maximum Gasteiger partial charge on any atom is 0.328 e. The van der Waals surface area contributed by atoms with Crippen molar-refractivity contribution in [1.82, 2.24) is 4.90 Å². The number of aliphatic carboxylic acids is 1. The molecule has 3 nitrogen and oxygen atoms in total. The van der Waals surface area contributed by atoms with E-state index in [1.54, 1.807) is 0 Å². The third kappa shape index (κ3) is 2.86. The number of hydrogen-bond donors (Lipinski definition) is 1. The number of carbonyl (C=O) groups is 1. The van der Waals surface area contributed by atoms with Crippen LogP contribution in [0.15, 0.2) is 11.6 Å². The van der Waals surface area contributed by atoms with E-state index < -0.39 is 5.97 Å². The summed E-state index contributed by atoms with van der Waals surface area (Å²) >= 11 is 0. The van der Waals surface area contributed by atoms with E-state index in [0.29, 0.717) is 12.1 Å². The molecule has 0 aromatic carbocycles. The van der Waals surface area contributed by atoms with Crippen molar-refractivity contribution in [3.05, 3.63) is 11.6 Å². The molecule has 1 N–H and O–H groups in total. The molecule has 2 unspecified atom stereocenters. The highest BCUT2D eigenvalue weighted by atomic mass is 16.4. The summed E-state index contributed by atoms with van der Waals surface area (Å²) < 4.78 is 0. The average Bonchev–Trinajstić information content (AvgIpc) is 2.60. The average molecular weight is 263 g/mol. The molecule has 2 saturated heterocycles. The summed E-state index contributed by atoms with van der Waals surface area (Å²) in [6.45, 7) is 0. The Morgan fingerprint density at radius 1 is 0.947 bits per heavy atom. The molecule has 1 saturated carbocycles. The van der Waals surface area contributed by atoms with E-state index in [0.717, 1.165) is 18.9 Å². The van der Waals surface area contributed by atoms with Gasteiger partial charge in [0.1, 0.15) is 0 Å². The fraction of sp³-hybridized carbons (Fsp3) is 0.812. The zero-order valence-electron chi connectivity index (χ0n) is 11.7. The van der Waals surface area contributed by atoms with Gasteiger partial charge in [0.15, 0.2) is 0 Å². The number of nitrogens with zero attached hydrogens (tertiary/aromatic N) is 1. The van der Waals surface area contributed by atoms with Crippen molar-refractivity contribution in [2.24, 2.45) is 0 Å². The summed E-state index contributed by atoms with van der Waals surface area (Å²) in [7, 11) is 0. The highest BCUT2D eigenvalue weighted by Gasteiger charge is 2.41. The number of carboxylic acids is 1. The van der Waals surface area contributed by atoms with Crippen LogP contribution in [-0.4, -0.2) is 34.1 Å². The van der Waals surface area contributed by atoms with Gasteiger partial charge in [-0.15, -0.1) is 0 Å². The second-order valence-corrected chi connectivity index (χ2v) is 6.53. The summed E-state index contributed by atoms with van der Waals surface area (Å²) in [5, 5.41) is 8.92. The van der Waals surface area contributed by atoms with Crippen LogP contribution in [0.5, 0.6) is 0 Å². The molecular formula is C16H25NO2. The van der Waals surface area contributed by atoms with E-state index >= 15 is 0 Å². The molecule has 0 aromatic rings. The minimum Gasteiger partial charge on any atom is -0.478 e. The van der Waals surface area contributed by atoms with E-state index in [1.807, 2.05) is 0 Å². The Labute approximate surface area is 115 Å². The predicted octanol–water partition coefficient (Wildman–Crippen LogP) is 3.35. The third-order valence-electron chi connectivity index (χ3n) is 5.25. The molecule has 0 aromatic heterocycles. The Hall–Kier alpha value is -0.830. The van der Waals surface area contributed by atoms with Crippen LogP contribution in [0.25, 0.3) is 0 Å². The van der Waals surface area contributed by atoms with Gasteiger partial charge in [-0.05, 0) is 38.5 Å². The minimum absolute atomic E-state index is 0.632. The Morgan fingerprint density at radius 3 is 2.05 bits per heavy atom. The molecule has 3 rings (SSSR count). The SMILES string of the molecule is O=C(O)C=C1CC2CCC(C1)N2C1CCCCCC1. The van der Waals surface area contributed by atoms with Crippen LogP contribution in [-0.2, 0) is 4.79 Å². The van der Waals surface area contributed by atoms with Crippen molar-refractivity contribution >= 4 is 5.97 Å². The summed E-state index contributed by atoms with van der Waals surface area (Å²) in [4.78, 5) is 13.6. The van der Waals surface area contributed by atoms with Crippen molar-refractivity contribution in [2.75, 3.05) is 0 Å². The van der Waals surface area contributed by atoms with Crippen LogP contribution in [0.3, 0.4) is 0 Å². The Balaban J connectivity index is 1.70. The smallest absolute Gasteiger partial charge is 0.328 e. The Bertz CT molecular complexity index is 353. The monoisotopic (exact) mass is 263 g/mol. The van der Waals surface area contributed by atoms with Crippen LogP contribution in [0.2, 0.25) is 0 Å². The van der Waals surface area contributed by atoms with Crippen LogP contribution in [0.4, 0.5) is 0 Å². The molecule has 0 spiro atoms. The van der Waals surface area contributed by atoms with Gasteiger partial charge in [0.25, 0.3) is 0 Å². The highest BCUT2D eigenvalue weighted by molar-refractivity contribution is 5.80. The van der Waals surface area contributed by atoms with Gasteiger partial charge >= 0.3 is 5.97 Å². The Morgan fingerprint density at radius 2 is 1.53 bits per heavy atom. The van der Waals surface area contributed by atoms with E-state index in [1.165, 1.54) is 63.0 Å².